The third-order valence-electron chi connectivity index (χ3n) is 0.0913. The maximum atomic E-state index is 8.77. The van der Waals surface area contributed by atoms with Crippen LogP contribution in [0.15, 0.2) is 12.7 Å². The van der Waals surface area contributed by atoms with Crippen molar-refractivity contribution in [2.24, 2.45) is 0 Å². The summed E-state index contributed by atoms with van der Waals surface area (Å²) in [4.78, 5) is 22.9. The van der Waals surface area contributed by atoms with Gasteiger partial charge in [0.1, 0.15) is 0 Å². The Morgan fingerprint density at radius 2 is 1.80 bits per heavy atom. The predicted molar refractivity (Wildman–Crippen MR) is 27.9 cm³/mol. The van der Waals surface area contributed by atoms with Crippen molar-refractivity contribution >= 4 is 7.82 Å². The third-order valence-corrected chi connectivity index (χ3v) is 0.0913. The molecule has 0 saturated carbocycles. The Labute approximate surface area is 80.5 Å². The molecule has 7 heteroatoms. The van der Waals surface area contributed by atoms with Gasteiger partial charge in [-0.3, -0.25) is 4.57 Å². The molecule has 0 aromatic heterocycles. The first-order valence-electron chi connectivity index (χ1n) is 1.69. The van der Waals surface area contributed by atoms with E-state index in [0.717, 1.165) is 0 Å². The summed E-state index contributed by atoms with van der Waals surface area (Å²) < 4.78 is 8.77. The number of hydrogen-bond acceptors (Lipinski definition) is 3. The van der Waals surface area contributed by atoms with Crippen LogP contribution in [0.4, 0.5) is 0 Å². The second-order valence-corrected chi connectivity index (χ2v) is 1.80. The summed E-state index contributed by atoms with van der Waals surface area (Å²) in [5.41, 5.74) is 0. The van der Waals surface area contributed by atoms with E-state index in [-0.39, 0.29) is 29.6 Å². The Morgan fingerprint density at radius 3 is 1.80 bits per heavy atom. The molecule has 0 aromatic rings. The van der Waals surface area contributed by atoms with Crippen molar-refractivity contribution in [3.63, 3.8) is 0 Å². The standard InChI is InChI=1S/C3H3N.Na.H3O4P/c1-2-3-4;;1-5(2,3)4/h2H,1H2;;(H3,1,2,3,4)/q;+1;/p-1. The molecular weight excluding hydrogens is 168 g/mol. The van der Waals surface area contributed by atoms with Gasteiger partial charge in [0.05, 0.1) is 6.07 Å². The zero-order chi connectivity index (χ0) is 7.91. The molecule has 0 heterocycles. The van der Waals surface area contributed by atoms with E-state index in [1.54, 1.807) is 6.07 Å². The van der Waals surface area contributed by atoms with Crippen LogP contribution in [-0.4, -0.2) is 9.79 Å². The molecule has 0 spiro atoms. The SMILES string of the molecule is C=CC#N.O=P([O-])(O)O.[Na+]. The van der Waals surface area contributed by atoms with Crippen LogP contribution in [0.25, 0.3) is 0 Å². The van der Waals surface area contributed by atoms with Crippen LogP contribution in [0.1, 0.15) is 0 Å². The summed E-state index contributed by atoms with van der Waals surface area (Å²) in [6.07, 6.45) is 1.18. The van der Waals surface area contributed by atoms with E-state index in [2.05, 4.69) is 6.58 Å². The molecule has 0 bridgehead atoms. The van der Waals surface area contributed by atoms with E-state index < -0.39 is 7.82 Å². The maximum Gasteiger partial charge on any atom is 1.00 e. The zero-order valence-corrected chi connectivity index (χ0v) is 8.28. The van der Waals surface area contributed by atoms with Gasteiger partial charge in [-0.25, -0.2) is 0 Å². The zero-order valence-electron chi connectivity index (χ0n) is 5.39. The Morgan fingerprint density at radius 1 is 1.70 bits per heavy atom. The van der Waals surface area contributed by atoms with Crippen molar-refractivity contribution in [3.05, 3.63) is 12.7 Å². The first-order valence-corrected chi connectivity index (χ1v) is 3.22. The monoisotopic (exact) mass is 173 g/mol. The van der Waals surface area contributed by atoms with Crippen LogP contribution < -0.4 is 34.5 Å². The summed E-state index contributed by atoms with van der Waals surface area (Å²) in [7, 11) is -4.89. The van der Waals surface area contributed by atoms with Gasteiger partial charge in [-0.2, -0.15) is 5.26 Å². The molecule has 5 nitrogen and oxygen atoms in total. The van der Waals surface area contributed by atoms with Gasteiger partial charge in [0, 0.05) is 6.08 Å². The van der Waals surface area contributed by atoms with Crippen LogP contribution in [0, 0.1) is 11.3 Å². The largest absolute Gasteiger partial charge is 1.00 e. The molecule has 0 saturated heterocycles. The molecule has 10 heavy (non-hydrogen) atoms. The molecule has 0 atom stereocenters. The Hall–Kier alpha value is 0.340. The Balaban J connectivity index is -0.0000000910. The minimum atomic E-state index is -4.89. The average Bonchev–Trinajstić information content (AvgIpc) is 1.61. The van der Waals surface area contributed by atoms with E-state index in [9.17, 15) is 0 Å². The minimum absolute atomic E-state index is 0. The average molecular weight is 173 g/mol. The number of phosphoric acid groups is 1. The Kier molecular flexibility index (Phi) is 15.6. The molecule has 0 rings (SSSR count). The number of nitriles is 1. The fourth-order valence-electron chi connectivity index (χ4n) is 0. The molecule has 0 aliphatic rings. The van der Waals surface area contributed by atoms with Crippen LogP contribution >= 0.6 is 7.82 Å². The van der Waals surface area contributed by atoms with E-state index in [1.807, 2.05) is 0 Å². The number of hydrogen-bond donors (Lipinski definition) is 2. The first-order chi connectivity index (χ1) is 3.91. The quantitative estimate of drug-likeness (QED) is 0.221. The summed E-state index contributed by atoms with van der Waals surface area (Å²) in [5.74, 6) is 0. The number of rotatable bonds is 0. The second-order valence-electron chi connectivity index (χ2n) is 0.824. The summed E-state index contributed by atoms with van der Waals surface area (Å²) in [5, 5.41) is 7.51. The molecule has 0 aliphatic heterocycles. The molecule has 0 amide bonds. The van der Waals surface area contributed by atoms with Gasteiger partial charge in [-0.15, -0.1) is 0 Å². The van der Waals surface area contributed by atoms with Crippen LogP contribution in [0.3, 0.4) is 0 Å². The molecule has 0 unspecified atom stereocenters. The second kappa shape index (κ2) is 9.34. The number of nitrogens with zero attached hydrogens (tertiary/aromatic N) is 1. The molecule has 2 N–H and O–H groups in total. The van der Waals surface area contributed by atoms with Gasteiger partial charge >= 0.3 is 29.6 Å². The van der Waals surface area contributed by atoms with Gasteiger partial charge in [-0.1, -0.05) is 6.58 Å². The van der Waals surface area contributed by atoms with Crippen LogP contribution in [0.2, 0.25) is 0 Å². The first kappa shape index (κ1) is 16.7. The van der Waals surface area contributed by atoms with E-state index in [4.69, 9.17) is 24.5 Å². The maximum absolute atomic E-state index is 8.77. The van der Waals surface area contributed by atoms with Crippen molar-refractivity contribution in [3.8, 4) is 6.07 Å². The van der Waals surface area contributed by atoms with Gasteiger partial charge < -0.3 is 14.7 Å². The van der Waals surface area contributed by atoms with E-state index in [0.29, 0.717) is 0 Å². The van der Waals surface area contributed by atoms with Crippen molar-refractivity contribution in [1.82, 2.24) is 0 Å². The topological polar surface area (TPSA) is 104 Å². The van der Waals surface area contributed by atoms with Crippen molar-refractivity contribution in [1.29, 1.82) is 5.26 Å². The predicted octanol–water partition coefficient (Wildman–Crippen LogP) is -3.86. The minimum Gasteiger partial charge on any atom is -0.756 e. The molecular formula is C3H5NNaO4P. The molecule has 0 fully saturated rings. The third kappa shape index (κ3) is 250. The summed E-state index contributed by atoms with van der Waals surface area (Å²) in [6.45, 7) is 3.12. The fraction of sp³-hybridized carbons (Fsp3) is 0. The number of allylic oxidation sites excluding steroid dienone is 1. The van der Waals surface area contributed by atoms with Gasteiger partial charge in [0.15, 0.2) is 0 Å². The van der Waals surface area contributed by atoms with Crippen molar-refractivity contribution < 1.29 is 48.8 Å². The van der Waals surface area contributed by atoms with Gasteiger partial charge in [0.25, 0.3) is 7.82 Å². The van der Waals surface area contributed by atoms with Gasteiger partial charge in [-0.05, 0) is 0 Å². The summed E-state index contributed by atoms with van der Waals surface area (Å²) >= 11 is 0. The van der Waals surface area contributed by atoms with Crippen LogP contribution in [0.5, 0.6) is 0 Å². The van der Waals surface area contributed by atoms with Gasteiger partial charge in [0.2, 0.25) is 0 Å². The van der Waals surface area contributed by atoms with Crippen LogP contribution in [-0.2, 0) is 4.57 Å². The van der Waals surface area contributed by atoms with E-state index >= 15 is 0 Å². The smallest absolute Gasteiger partial charge is 0.756 e. The Bertz CT molecular complexity index is 150. The summed E-state index contributed by atoms with van der Waals surface area (Å²) in [6, 6.07) is 1.69. The molecule has 0 aromatic carbocycles. The van der Waals surface area contributed by atoms with Crippen molar-refractivity contribution in [2.45, 2.75) is 0 Å². The molecule has 52 valence electrons. The molecule has 0 radical (unpaired) electrons. The molecule has 0 aliphatic carbocycles. The van der Waals surface area contributed by atoms with E-state index in [1.165, 1.54) is 6.08 Å². The fourth-order valence-corrected chi connectivity index (χ4v) is 0. The van der Waals surface area contributed by atoms with Crippen molar-refractivity contribution in [2.75, 3.05) is 0 Å². The normalized spacial score (nSPS) is 7.40.